The largest absolute Gasteiger partial charge is 0.494 e. The number of hydrogen-bond donors (Lipinski definition) is 3. The summed E-state index contributed by atoms with van der Waals surface area (Å²) in [7, 11) is 1.43. The van der Waals surface area contributed by atoms with Crippen molar-refractivity contribution in [2.75, 3.05) is 25.5 Å². The van der Waals surface area contributed by atoms with Gasteiger partial charge in [0.05, 0.1) is 7.11 Å². The van der Waals surface area contributed by atoms with Crippen LogP contribution >= 0.6 is 0 Å². The van der Waals surface area contributed by atoms with Crippen LogP contribution in [0.4, 0.5) is 10.1 Å². The second-order valence-electron chi connectivity index (χ2n) is 5.16. The minimum absolute atomic E-state index is 0.165. The molecule has 3 N–H and O–H groups in total. The molecule has 0 atom stereocenters. The van der Waals surface area contributed by atoms with Gasteiger partial charge in [0.2, 0.25) is 0 Å². The smallest absolute Gasteiger partial charge is 0.167 e. The first-order valence-electron chi connectivity index (χ1n) is 6.45. The summed E-state index contributed by atoms with van der Waals surface area (Å²) >= 11 is 0. The van der Waals surface area contributed by atoms with E-state index in [1.807, 2.05) is 0 Å². The second kappa shape index (κ2) is 5.57. The standard InChI is InChI=1S/C14H20FN3O/c1-14(5-7-17-8-6-14)13(16)18-10-3-4-12(19-2)11(15)9-10/h3-4,9,17H,5-8H2,1-2H3,(H2,16,18). The molecule has 1 aliphatic heterocycles. The van der Waals surface area contributed by atoms with Crippen LogP contribution in [-0.2, 0) is 0 Å². The van der Waals surface area contributed by atoms with Crippen LogP contribution in [0.5, 0.6) is 5.75 Å². The topological polar surface area (TPSA) is 57.1 Å². The first-order chi connectivity index (χ1) is 9.05. The Morgan fingerprint density at radius 3 is 2.68 bits per heavy atom. The Balaban J connectivity index is 2.08. The van der Waals surface area contributed by atoms with Crippen molar-refractivity contribution in [2.45, 2.75) is 19.8 Å². The molecule has 1 aliphatic rings. The molecule has 0 unspecified atom stereocenters. The van der Waals surface area contributed by atoms with E-state index in [-0.39, 0.29) is 11.2 Å². The Hall–Kier alpha value is -1.62. The summed E-state index contributed by atoms with van der Waals surface area (Å²) in [6.45, 7) is 3.90. The number of ether oxygens (including phenoxy) is 1. The molecule has 19 heavy (non-hydrogen) atoms. The quantitative estimate of drug-likeness (QED) is 0.581. The zero-order chi connectivity index (χ0) is 13.9. The van der Waals surface area contributed by atoms with E-state index in [2.05, 4.69) is 17.6 Å². The van der Waals surface area contributed by atoms with E-state index in [4.69, 9.17) is 10.1 Å². The SMILES string of the molecule is COc1ccc(NC(=N)C2(C)CCNCC2)cc1F. The predicted molar refractivity (Wildman–Crippen MR) is 74.5 cm³/mol. The molecular weight excluding hydrogens is 245 g/mol. The van der Waals surface area contributed by atoms with E-state index in [0.29, 0.717) is 11.5 Å². The summed E-state index contributed by atoms with van der Waals surface area (Å²) in [5.41, 5.74) is 0.421. The first-order valence-corrected chi connectivity index (χ1v) is 6.45. The van der Waals surface area contributed by atoms with Crippen molar-refractivity contribution in [1.29, 1.82) is 5.41 Å². The van der Waals surface area contributed by atoms with Gasteiger partial charge in [0, 0.05) is 17.2 Å². The van der Waals surface area contributed by atoms with Crippen LogP contribution in [0.3, 0.4) is 0 Å². The van der Waals surface area contributed by atoms with Gasteiger partial charge in [-0.1, -0.05) is 6.92 Å². The lowest BCUT2D eigenvalue weighted by molar-refractivity contribution is 0.326. The molecule has 0 aromatic heterocycles. The normalized spacial score (nSPS) is 17.8. The molecular formula is C14H20FN3O. The highest BCUT2D eigenvalue weighted by atomic mass is 19.1. The lowest BCUT2D eigenvalue weighted by atomic mass is 9.79. The highest BCUT2D eigenvalue weighted by Gasteiger charge is 2.31. The third-order valence-corrected chi connectivity index (χ3v) is 3.73. The summed E-state index contributed by atoms with van der Waals surface area (Å²) in [6.07, 6.45) is 1.83. The number of piperidine rings is 1. The lowest BCUT2D eigenvalue weighted by Gasteiger charge is -2.34. The Labute approximate surface area is 112 Å². The van der Waals surface area contributed by atoms with E-state index >= 15 is 0 Å². The predicted octanol–water partition coefficient (Wildman–Crippen LogP) is 2.61. The number of methoxy groups -OCH3 is 1. The number of rotatable bonds is 3. The van der Waals surface area contributed by atoms with Crippen LogP contribution in [-0.4, -0.2) is 26.0 Å². The summed E-state index contributed by atoms with van der Waals surface area (Å²) in [5, 5.41) is 14.5. The molecule has 1 saturated heterocycles. The molecule has 0 aliphatic carbocycles. The fraction of sp³-hybridized carbons (Fsp3) is 0.500. The maximum atomic E-state index is 13.6. The Morgan fingerprint density at radius 2 is 2.11 bits per heavy atom. The van der Waals surface area contributed by atoms with Gasteiger partial charge in [-0.05, 0) is 38.1 Å². The fourth-order valence-corrected chi connectivity index (χ4v) is 2.27. The number of benzene rings is 1. The van der Waals surface area contributed by atoms with Gasteiger partial charge >= 0.3 is 0 Å². The van der Waals surface area contributed by atoms with Crippen LogP contribution in [0.25, 0.3) is 0 Å². The second-order valence-corrected chi connectivity index (χ2v) is 5.16. The van der Waals surface area contributed by atoms with E-state index in [9.17, 15) is 4.39 Å². The molecule has 1 heterocycles. The summed E-state index contributed by atoms with van der Waals surface area (Å²) in [5.74, 6) is 0.236. The van der Waals surface area contributed by atoms with E-state index < -0.39 is 5.82 Å². The van der Waals surface area contributed by atoms with Crippen LogP contribution in [0.15, 0.2) is 18.2 Å². The van der Waals surface area contributed by atoms with E-state index in [1.54, 1.807) is 12.1 Å². The van der Waals surface area contributed by atoms with Crippen LogP contribution < -0.4 is 15.4 Å². The number of halogens is 1. The Kier molecular flexibility index (Phi) is 4.04. The molecule has 4 nitrogen and oxygen atoms in total. The lowest BCUT2D eigenvalue weighted by Crippen LogP contribution is -2.42. The molecule has 104 valence electrons. The van der Waals surface area contributed by atoms with Gasteiger partial charge in [-0.3, -0.25) is 5.41 Å². The number of nitrogens with one attached hydrogen (secondary N) is 3. The van der Waals surface area contributed by atoms with Crippen LogP contribution in [0, 0.1) is 16.6 Å². The summed E-state index contributed by atoms with van der Waals surface area (Å²) in [6, 6.07) is 4.65. The average molecular weight is 265 g/mol. The maximum Gasteiger partial charge on any atom is 0.167 e. The minimum Gasteiger partial charge on any atom is -0.494 e. The van der Waals surface area contributed by atoms with Gasteiger partial charge in [-0.25, -0.2) is 4.39 Å². The minimum atomic E-state index is -0.421. The van der Waals surface area contributed by atoms with Crippen molar-refractivity contribution < 1.29 is 9.13 Å². The maximum absolute atomic E-state index is 13.6. The summed E-state index contributed by atoms with van der Waals surface area (Å²) < 4.78 is 18.5. The van der Waals surface area contributed by atoms with Crippen LogP contribution in [0.2, 0.25) is 0 Å². The van der Waals surface area contributed by atoms with E-state index in [0.717, 1.165) is 25.9 Å². The Bertz CT molecular complexity index is 470. The Morgan fingerprint density at radius 1 is 1.42 bits per heavy atom. The zero-order valence-corrected chi connectivity index (χ0v) is 11.3. The monoisotopic (exact) mass is 265 g/mol. The van der Waals surface area contributed by atoms with Gasteiger partial charge < -0.3 is 15.4 Å². The molecule has 0 radical (unpaired) electrons. The molecule has 1 aromatic carbocycles. The molecule has 0 amide bonds. The van der Waals surface area contributed by atoms with Gasteiger partial charge in [0.1, 0.15) is 5.84 Å². The summed E-state index contributed by atoms with van der Waals surface area (Å²) in [4.78, 5) is 0. The van der Waals surface area contributed by atoms with Crippen molar-refractivity contribution >= 4 is 11.5 Å². The highest BCUT2D eigenvalue weighted by molar-refractivity contribution is 5.97. The van der Waals surface area contributed by atoms with Crippen molar-refractivity contribution in [3.05, 3.63) is 24.0 Å². The van der Waals surface area contributed by atoms with Gasteiger partial charge in [-0.15, -0.1) is 0 Å². The van der Waals surface area contributed by atoms with E-state index in [1.165, 1.54) is 13.2 Å². The molecule has 5 heteroatoms. The van der Waals surface area contributed by atoms with Crippen LogP contribution in [0.1, 0.15) is 19.8 Å². The number of hydrogen-bond acceptors (Lipinski definition) is 3. The van der Waals surface area contributed by atoms with Crippen molar-refractivity contribution in [1.82, 2.24) is 5.32 Å². The van der Waals surface area contributed by atoms with Crippen molar-refractivity contribution in [3.63, 3.8) is 0 Å². The van der Waals surface area contributed by atoms with Gasteiger partial charge in [0.25, 0.3) is 0 Å². The molecule has 2 rings (SSSR count). The third kappa shape index (κ3) is 3.04. The van der Waals surface area contributed by atoms with Crippen molar-refractivity contribution in [3.8, 4) is 5.75 Å². The number of anilines is 1. The first kappa shape index (κ1) is 13.8. The van der Waals surface area contributed by atoms with Gasteiger partial charge in [-0.2, -0.15) is 0 Å². The van der Waals surface area contributed by atoms with Gasteiger partial charge in [0.15, 0.2) is 11.6 Å². The average Bonchev–Trinajstić information content (AvgIpc) is 2.40. The fourth-order valence-electron chi connectivity index (χ4n) is 2.27. The third-order valence-electron chi connectivity index (χ3n) is 3.73. The molecule has 0 spiro atoms. The van der Waals surface area contributed by atoms with Crippen molar-refractivity contribution in [2.24, 2.45) is 5.41 Å². The molecule has 1 fully saturated rings. The molecule has 0 bridgehead atoms. The molecule has 1 aromatic rings. The zero-order valence-electron chi connectivity index (χ0n) is 11.3. The number of amidine groups is 1. The molecule has 0 saturated carbocycles. The highest BCUT2D eigenvalue weighted by Crippen LogP contribution is 2.30.